The molecule has 1 unspecified atom stereocenters. The zero-order valence-electron chi connectivity index (χ0n) is 16.1. The molecule has 0 saturated carbocycles. The lowest BCUT2D eigenvalue weighted by Gasteiger charge is -2.06. The van der Waals surface area contributed by atoms with Gasteiger partial charge in [0.05, 0.1) is 7.11 Å². The number of hydrogen-bond acceptors (Lipinski definition) is 7. The molecular weight excluding hydrogens is 426 g/mol. The molecule has 0 radical (unpaired) electrons. The van der Waals surface area contributed by atoms with Crippen LogP contribution in [0.3, 0.4) is 0 Å². The Kier molecular flexibility index (Phi) is 6.65. The summed E-state index contributed by atoms with van der Waals surface area (Å²) in [5, 5.41) is 6.37. The van der Waals surface area contributed by atoms with E-state index in [2.05, 4.69) is 20.3 Å². The normalized spacial score (nSPS) is 11.4. The van der Waals surface area contributed by atoms with Crippen molar-refractivity contribution >= 4 is 55.6 Å². The van der Waals surface area contributed by atoms with Crippen molar-refractivity contribution in [1.82, 2.24) is 4.98 Å². The first-order valence-corrected chi connectivity index (χ1v) is 11.0. The maximum Gasteiger partial charge on any atom is 0.270 e. The van der Waals surface area contributed by atoms with E-state index in [9.17, 15) is 13.8 Å². The number of carbonyl (C=O) groups is 2. The Morgan fingerprint density at radius 1 is 1.07 bits per heavy atom. The van der Waals surface area contributed by atoms with Crippen LogP contribution in [0.4, 0.5) is 21.5 Å². The number of primary amides is 1. The van der Waals surface area contributed by atoms with Gasteiger partial charge in [0.1, 0.15) is 21.7 Å². The smallest absolute Gasteiger partial charge is 0.270 e. The molecule has 0 aliphatic heterocycles. The highest BCUT2D eigenvalue weighted by molar-refractivity contribution is 7.85. The van der Waals surface area contributed by atoms with E-state index in [1.54, 1.807) is 55.6 Å². The second kappa shape index (κ2) is 9.37. The number of methoxy groups -OCH3 is 1. The average molecular weight is 446 g/mol. The molecule has 2 aromatic carbocycles. The Morgan fingerprint density at radius 2 is 1.70 bits per heavy atom. The summed E-state index contributed by atoms with van der Waals surface area (Å²) < 4.78 is 19.1. The third-order valence-electron chi connectivity index (χ3n) is 3.84. The van der Waals surface area contributed by atoms with Gasteiger partial charge in [-0.15, -0.1) is 0 Å². The summed E-state index contributed by atoms with van der Waals surface area (Å²) in [5.74, 6) is -0.479. The molecule has 3 rings (SSSR count). The zero-order valence-corrected chi connectivity index (χ0v) is 17.7. The van der Waals surface area contributed by atoms with Gasteiger partial charge in [-0.25, -0.2) is 9.19 Å². The quantitative estimate of drug-likeness (QED) is 0.421. The van der Waals surface area contributed by atoms with Gasteiger partial charge in [0, 0.05) is 23.2 Å². The molecule has 156 valence electrons. The van der Waals surface area contributed by atoms with Crippen molar-refractivity contribution in [2.45, 2.75) is 0 Å². The number of nitrogens with two attached hydrogens (primary N) is 1. The summed E-state index contributed by atoms with van der Waals surface area (Å²) in [6.45, 7) is 0. The van der Waals surface area contributed by atoms with Gasteiger partial charge in [-0.1, -0.05) is 11.3 Å². The highest BCUT2D eigenvalue weighted by atomic mass is 32.2. The van der Waals surface area contributed by atoms with Crippen LogP contribution in [0.1, 0.15) is 20.8 Å². The predicted octanol–water partition coefficient (Wildman–Crippen LogP) is 2.95. The number of benzene rings is 2. The average Bonchev–Trinajstić information content (AvgIpc) is 3.11. The van der Waals surface area contributed by atoms with Crippen LogP contribution in [0.25, 0.3) is 0 Å². The molecule has 11 heteroatoms. The molecule has 30 heavy (non-hydrogen) atoms. The van der Waals surface area contributed by atoms with Gasteiger partial charge >= 0.3 is 0 Å². The maximum atomic E-state index is 12.6. The molecule has 0 spiro atoms. The lowest BCUT2D eigenvalue weighted by molar-refractivity contribution is 0.0997. The van der Waals surface area contributed by atoms with Gasteiger partial charge in [-0.05, 0) is 48.5 Å². The van der Waals surface area contributed by atoms with Crippen molar-refractivity contribution < 1.29 is 18.5 Å². The summed E-state index contributed by atoms with van der Waals surface area (Å²) in [6, 6.07) is 13.6. The highest BCUT2D eigenvalue weighted by Crippen LogP contribution is 2.31. The highest BCUT2D eigenvalue weighted by Gasteiger charge is 2.19. The van der Waals surface area contributed by atoms with E-state index < -0.39 is 22.8 Å². The molecule has 2 amide bonds. The van der Waals surface area contributed by atoms with Crippen molar-refractivity contribution in [3.8, 4) is 5.75 Å². The van der Waals surface area contributed by atoms with Gasteiger partial charge < -0.3 is 25.8 Å². The number of nitrogens with zero attached hydrogens (tertiary/aromatic N) is 1. The summed E-state index contributed by atoms with van der Waals surface area (Å²) in [4.78, 5) is 28.5. The second-order valence-corrected chi connectivity index (χ2v) is 8.11. The van der Waals surface area contributed by atoms with Crippen LogP contribution in [0, 0.1) is 0 Å². The van der Waals surface area contributed by atoms with E-state index in [1.807, 2.05) is 0 Å². The molecule has 1 heterocycles. The predicted molar refractivity (Wildman–Crippen MR) is 119 cm³/mol. The van der Waals surface area contributed by atoms with Crippen molar-refractivity contribution in [1.29, 1.82) is 0 Å². The van der Waals surface area contributed by atoms with Crippen LogP contribution in [-0.2, 0) is 11.0 Å². The Bertz CT molecular complexity index is 1080. The van der Waals surface area contributed by atoms with Gasteiger partial charge in [0.25, 0.3) is 11.8 Å². The number of aromatic nitrogens is 1. The van der Waals surface area contributed by atoms with Crippen molar-refractivity contribution in [2.24, 2.45) is 5.73 Å². The second-order valence-electron chi connectivity index (χ2n) is 6.00. The first-order chi connectivity index (χ1) is 14.4. The Hall–Kier alpha value is -3.44. The van der Waals surface area contributed by atoms with Gasteiger partial charge in [-0.2, -0.15) is 0 Å². The fraction of sp³-hybridized carbons (Fsp3) is 0.105. The Labute approximate surface area is 179 Å². The molecule has 0 fully saturated rings. The molecule has 3 aromatic rings. The first kappa shape index (κ1) is 21.3. The van der Waals surface area contributed by atoms with Crippen LogP contribution in [0.15, 0.2) is 48.5 Å². The van der Waals surface area contributed by atoms with Gasteiger partial charge in [0.15, 0.2) is 10.8 Å². The van der Waals surface area contributed by atoms with E-state index in [1.165, 1.54) is 6.26 Å². The van der Waals surface area contributed by atoms with E-state index in [0.29, 0.717) is 22.1 Å². The van der Waals surface area contributed by atoms with E-state index in [-0.39, 0.29) is 10.7 Å². The number of carbonyl (C=O) groups excluding carboxylic acids is 2. The Balaban J connectivity index is 1.76. The van der Waals surface area contributed by atoms with Crippen molar-refractivity contribution in [2.75, 3.05) is 28.7 Å². The standard InChI is InChI=1S/C19H19N5O4S2/c1-28-14-9-7-12(8-10-14)21-19-22-15(16(20)25)18(29-19)23-17(26)11-3-5-13(6-4-11)24-30(2)27/h3-10,24H,1-2H3,(H2,20,25)(H,21,22)(H,23,26). The minimum Gasteiger partial charge on any atom is -0.497 e. The number of rotatable bonds is 8. The molecule has 9 nitrogen and oxygen atoms in total. The fourth-order valence-corrected chi connectivity index (χ4v) is 3.81. The SMILES string of the molecule is COc1ccc(Nc2nc(C(N)=O)c(NC(=O)c3ccc(NS(C)=O)cc3)s2)cc1. The third kappa shape index (κ3) is 5.33. The van der Waals surface area contributed by atoms with E-state index in [0.717, 1.165) is 17.0 Å². The number of amides is 2. The van der Waals surface area contributed by atoms with Gasteiger partial charge in [0.2, 0.25) is 0 Å². The van der Waals surface area contributed by atoms with Crippen LogP contribution in [0.2, 0.25) is 0 Å². The number of ether oxygens (including phenoxy) is 1. The van der Waals surface area contributed by atoms with E-state index >= 15 is 0 Å². The largest absolute Gasteiger partial charge is 0.497 e. The van der Waals surface area contributed by atoms with Crippen LogP contribution in [-0.4, -0.2) is 34.4 Å². The van der Waals surface area contributed by atoms with Crippen molar-refractivity contribution in [3.05, 3.63) is 59.8 Å². The number of anilines is 4. The molecule has 0 aliphatic rings. The van der Waals surface area contributed by atoms with Crippen molar-refractivity contribution in [3.63, 3.8) is 0 Å². The summed E-state index contributed by atoms with van der Waals surface area (Å²) in [6.07, 6.45) is 1.51. The summed E-state index contributed by atoms with van der Waals surface area (Å²) >= 11 is 1.09. The van der Waals surface area contributed by atoms with Crippen LogP contribution >= 0.6 is 11.3 Å². The molecular formula is C19H19N5O4S2. The molecule has 1 aromatic heterocycles. The van der Waals surface area contributed by atoms with Crippen LogP contribution < -0.4 is 25.8 Å². The lowest BCUT2D eigenvalue weighted by atomic mass is 10.2. The molecule has 0 saturated heterocycles. The fourth-order valence-electron chi connectivity index (χ4n) is 2.45. The Morgan fingerprint density at radius 3 is 2.27 bits per heavy atom. The number of thiazole rings is 1. The third-order valence-corrected chi connectivity index (χ3v) is 5.25. The maximum absolute atomic E-state index is 12.6. The number of nitrogens with one attached hydrogen (secondary N) is 3. The summed E-state index contributed by atoms with van der Waals surface area (Å²) in [7, 11) is 0.363. The topological polar surface area (TPSA) is 135 Å². The molecule has 5 N–H and O–H groups in total. The molecule has 1 atom stereocenters. The number of hydrogen-bond donors (Lipinski definition) is 4. The molecule has 0 bridgehead atoms. The van der Waals surface area contributed by atoms with Crippen LogP contribution in [0.5, 0.6) is 5.75 Å². The van der Waals surface area contributed by atoms with E-state index in [4.69, 9.17) is 10.5 Å². The zero-order chi connectivity index (χ0) is 21.7. The first-order valence-electron chi connectivity index (χ1n) is 8.59. The monoisotopic (exact) mass is 445 g/mol. The minimum atomic E-state index is -1.21. The summed E-state index contributed by atoms with van der Waals surface area (Å²) in [5.41, 5.74) is 7.08. The minimum absolute atomic E-state index is 0.0379. The van der Waals surface area contributed by atoms with Gasteiger partial charge in [-0.3, -0.25) is 9.59 Å². The molecule has 0 aliphatic carbocycles. The lowest BCUT2D eigenvalue weighted by Crippen LogP contribution is -2.17.